The fourth-order valence-electron chi connectivity index (χ4n) is 5.03. The molecule has 11 nitrogen and oxygen atoms in total. The van der Waals surface area contributed by atoms with Gasteiger partial charge in [-0.05, 0) is 57.5 Å². The number of hydrogen-bond acceptors (Lipinski definition) is 10. The minimum Gasteiger partial charge on any atom is -0.493 e. The number of thiazole rings is 1. The van der Waals surface area contributed by atoms with Gasteiger partial charge in [0.2, 0.25) is 0 Å². The first kappa shape index (κ1) is 29.5. The molecule has 1 atom stereocenters. The summed E-state index contributed by atoms with van der Waals surface area (Å²) in [4.78, 5) is 43.1. The minimum absolute atomic E-state index is 0.0115. The lowest BCUT2D eigenvalue weighted by Gasteiger charge is -2.25. The number of aromatic nitrogens is 1. The number of benzene rings is 2. The molecule has 2 aromatic heterocycles. The van der Waals surface area contributed by atoms with E-state index in [-0.39, 0.29) is 23.4 Å². The third kappa shape index (κ3) is 5.48. The molecule has 0 unspecified atom stereocenters. The van der Waals surface area contributed by atoms with Crippen LogP contribution in [-0.4, -0.2) is 35.8 Å². The molecule has 43 heavy (non-hydrogen) atoms. The van der Waals surface area contributed by atoms with E-state index in [0.717, 1.165) is 11.3 Å². The predicted molar refractivity (Wildman–Crippen MR) is 160 cm³/mol. The summed E-state index contributed by atoms with van der Waals surface area (Å²) in [5, 5.41) is 11.4. The number of rotatable bonds is 9. The van der Waals surface area contributed by atoms with Crippen molar-refractivity contribution in [2.45, 2.75) is 33.7 Å². The zero-order valence-corrected chi connectivity index (χ0v) is 25.0. The van der Waals surface area contributed by atoms with Gasteiger partial charge in [-0.15, -0.1) is 0 Å². The van der Waals surface area contributed by atoms with Crippen LogP contribution in [-0.2, 0) is 9.53 Å². The predicted octanol–water partition coefficient (Wildman–Crippen LogP) is 4.68. The summed E-state index contributed by atoms with van der Waals surface area (Å²) >= 11 is 1.16. The van der Waals surface area contributed by atoms with Crippen LogP contribution >= 0.6 is 11.3 Å². The van der Waals surface area contributed by atoms with Crippen LogP contribution in [0.3, 0.4) is 0 Å². The molecule has 1 aliphatic rings. The fraction of sp³-hybridized carbons (Fsp3) is 0.258. The molecule has 1 aliphatic heterocycles. The van der Waals surface area contributed by atoms with Gasteiger partial charge in [0.05, 0.1) is 47.1 Å². The number of nitro benzene ring substituents is 1. The van der Waals surface area contributed by atoms with E-state index in [0.29, 0.717) is 61.3 Å². The number of methoxy groups -OCH3 is 1. The van der Waals surface area contributed by atoms with Gasteiger partial charge in [0, 0.05) is 23.3 Å². The van der Waals surface area contributed by atoms with Crippen LogP contribution in [0.25, 0.3) is 17.4 Å². The Morgan fingerprint density at radius 2 is 1.93 bits per heavy atom. The molecule has 12 heteroatoms. The average Bonchev–Trinajstić information content (AvgIpc) is 3.56. The van der Waals surface area contributed by atoms with Crippen LogP contribution in [0.15, 0.2) is 74.0 Å². The van der Waals surface area contributed by atoms with Crippen molar-refractivity contribution in [2.75, 3.05) is 20.3 Å². The number of nitrogens with zero attached hydrogens (tertiary/aromatic N) is 3. The first-order chi connectivity index (χ1) is 20.7. The first-order valence-corrected chi connectivity index (χ1v) is 14.3. The fourth-order valence-corrected chi connectivity index (χ4v) is 6.06. The Labute approximate surface area is 250 Å². The number of carbonyl (C=O) groups excluding carboxylic acids is 1. The Hall–Kier alpha value is -4.97. The van der Waals surface area contributed by atoms with Crippen LogP contribution in [0.5, 0.6) is 11.5 Å². The molecular weight excluding hydrogens is 574 g/mol. The van der Waals surface area contributed by atoms with Crippen molar-refractivity contribution in [1.82, 2.24) is 4.57 Å². The highest BCUT2D eigenvalue weighted by molar-refractivity contribution is 7.07. The summed E-state index contributed by atoms with van der Waals surface area (Å²) in [5.41, 5.74) is 1.97. The third-order valence-corrected chi connectivity index (χ3v) is 7.97. The highest BCUT2D eigenvalue weighted by Gasteiger charge is 2.34. The molecule has 0 bridgehead atoms. The van der Waals surface area contributed by atoms with Crippen LogP contribution in [0, 0.1) is 17.0 Å². The molecule has 0 amide bonds. The van der Waals surface area contributed by atoms with Gasteiger partial charge in [-0.3, -0.25) is 19.5 Å². The standard InChI is InChI=1S/C31H29N3O8S/c1-6-40-25-15-19(11-13-24(25)39-5)28-27(30(36)41-7-2)18(4)32-31-33(28)29(35)26(43-31)16-20-12-14-23(42-20)21-9-8-10-22(17(21)3)34(37)38/h8-16,28H,6-7H2,1-5H3/b26-16-/t28-/m0/s1. The van der Waals surface area contributed by atoms with E-state index >= 15 is 0 Å². The van der Waals surface area contributed by atoms with Crippen molar-refractivity contribution in [3.8, 4) is 22.8 Å². The zero-order chi connectivity index (χ0) is 30.8. The van der Waals surface area contributed by atoms with Gasteiger partial charge >= 0.3 is 5.97 Å². The van der Waals surface area contributed by atoms with Crippen LogP contribution in [0.4, 0.5) is 5.69 Å². The monoisotopic (exact) mass is 603 g/mol. The Bertz CT molecular complexity index is 1950. The number of furan rings is 1. The summed E-state index contributed by atoms with van der Waals surface area (Å²) < 4.78 is 24.4. The van der Waals surface area contributed by atoms with Gasteiger partial charge in [-0.2, -0.15) is 0 Å². The van der Waals surface area contributed by atoms with E-state index in [2.05, 4.69) is 4.99 Å². The van der Waals surface area contributed by atoms with E-state index in [1.807, 2.05) is 6.92 Å². The number of ether oxygens (including phenoxy) is 3. The first-order valence-electron chi connectivity index (χ1n) is 13.5. The van der Waals surface area contributed by atoms with Crippen molar-refractivity contribution in [2.24, 2.45) is 4.99 Å². The lowest BCUT2D eigenvalue weighted by Crippen LogP contribution is -2.39. The molecule has 3 heterocycles. The second-order valence-corrected chi connectivity index (χ2v) is 10.6. The molecule has 0 radical (unpaired) electrons. The summed E-state index contributed by atoms with van der Waals surface area (Å²) in [6.07, 6.45) is 1.60. The summed E-state index contributed by atoms with van der Waals surface area (Å²) in [6.45, 7) is 7.49. The number of esters is 1. The van der Waals surface area contributed by atoms with Crippen molar-refractivity contribution in [3.05, 3.63) is 106 Å². The quantitative estimate of drug-likeness (QED) is 0.153. The maximum atomic E-state index is 14.0. The molecule has 0 N–H and O–H groups in total. The molecular formula is C31H29N3O8S. The second-order valence-electron chi connectivity index (χ2n) is 9.55. The molecule has 0 aliphatic carbocycles. The topological polar surface area (TPSA) is 135 Å². The number of carbonyl (C=O) groups is 1. The number of hydrogen-bond donors (Lipinski definition) is 0. The average molecular weight is 604 g/mol. The second kappa shape index (κ2) is 12.1. The van der Waals surface area contributed by atoms with E-state index in [4.69, 9.17) is 18.6 Å². The maximum absolute atomic E-state index is 14.0. The van der Waals surface area contributed by atoms with Crippen molar-refractivity contribution in [3.63, 3.8) is 0 Å². The number of allylic oxidation sites excluding steroid dienone is 1. The van der Waals surface area contributed by atoms with Gasteiger partial charge in [-0.1, -0.05) is 29.5 Å². The van der Waals surface area contributed by atoms with Gasteiger partial charge in [0.25, 0.3) is 11.2 Å². The lowest BCUT2D eigenvalue weighted by atomic mass is 9.95. The van der Waals surface area contributed by atoms with Crippen LogP contribution in [0.2, 0.25) is 0 Å². The Morgan fingerprint density at radius 3 is 2.63 bits per heavy atom. The normalized spacial score (nSPS) is 14.7. The Balaban J connectivity index is 1.65. The molecule has 2 aromatic carbocycles. The summed E-state index contributed by atoms with van der Waals surface area (Å²) in [5.74, 6) is 1.23. The molecule has 5 rings (SSSR count). The third-order valence-electron chi connectivity index (χ3n) is 6.99. The smallest absolute Gasteiger partial charge is 0.338 e. The maximum Gasteiger partial charge on any atom is 0.338 e. The molecule has 4 aromatic rings. The molecule has 0 fully saturated rings. The largest absolute Gasteiger partial charge is 0.493 e. The van der Waals surface area contributed by atoms with Gasteiger partial charge in [-0.25, -0.2) is 9.79 Å². The molecule has 222 valence electrons. The van der Waals surface area contributed by atoms with E-state index in [1.165, 1.54) is 17.7 Å². The van der Waals surface area contributed by atoms with Gasteiger partial charge < -0.3 is 18.6 Å². The minimum atomic E-state index is -0.831. The summed E-state index contributed by atoms with van der Waals surface area (Å²) in [7, 11) is 1.54. The van der Waals surface area contributed by atoms with Crippen molar-refractivity contribution < 1.29 is 28.3 Å². The van der Waals surface area contributed by atoms with Gasteiger partial charge in [0.1, 0.15) is 11.5 Å². The van der Waals surface area contributed by atoms with Crippen LogP contribution < -0.4 is 24.4 Å². The molecule has 0 spiro atoms. The Kier molecular flexibility index (Phi) is 8.31. The molecule has 0 saturated carbocycles. The van der Waals surface area contributed by atoms with Crippen LogP contribution in [0.1, 0.15) is 43.7 Å². The van der Waals surface area contributed by atoms with E-state index < -0.39 is 16.9 Å². The van der Waals surface area contributed by atoms with Crippen molar-refractivity contribution >= 4 is 29.1 Å². The Morgan fingerprint density at radius 1 is 1.14 bits per heavy atom. The van der Waals surface area contributed by atoms with Crippen molar-refractivity contribution in [1.29, 1.82) is 0 Å². The van der Waals surface area contributed by atoms with Gasteiger partial charge in [0.15, 0.2) is 16.3 Å². The SMILES string of the molecule is CCOC(=O)C1=C(C)N=c2s/c(=C\c3ccc(-c4cccc([N+](=O)[O-])c4C)o3)c(=O)n2[C@H]1c1ccc(OC)c(OCC)c1. The molecule has 0 saturated heterocycles. The number of fused-ring (bicyclic) bond motifs is 1. The van der Waals surface area contributed by atoms with E-state index in [1.54, 1.807) is 69.3 Å². The lowest BCUT2D eigenvalue weighted by molar-refractivity contribution is -0.385. The highest BCUT2D eigenvalue weighted by atomic mass is 32.1. The van der Waals surface area contributed by atoms with E-state index in [9.17, 15) is 19.7 Å². The zero-order valence-electron chi connectivity index (χ0n) is 24.2. The highest BCUT2D eigenvalue weighted by Crippen LogP contribution is 2.36. The summed E-state index contributed by atoms with van der Waals surface area (Å²) in [6, 6.07) is 12.6. The number of nitro groups is 1.